The number of hydrogen-bond donors (Lipinski definition) is 0. The standard InChI is InChI=1S/C13H28BrN/c1-4-5-6-7-8-11-15(13(2)3)12-9-10-14/h13H,4-12H2,1-3H3. The van der Waals surface area contributed by atoms with Crippen molar-refractivity contribution < 1.29 is 0 Å². The molecule has 0 bridgehead atoms. The molecule has 0 radical (unpaired) electrons. The molecule has 0 aliphatic heterocycles. The molecule has 0 rings (SSSR count). The van der Waals surface area contributed by atoms with Crippen molar-refractivity contribution >= 4 is 15.9 Å². The molecule has 0 heterocycles. The zero-order valence-corrected chi connectivity index (χ0v) is 12.4. The molecular formula is C13H28BrN. The van der Waals surface area contributed by atoms with Crippen molar-refractivity contribution in [3.8, 4) is 0 Å². The number of unbranched alkanes of at least 4 members (excludes halogenated alkanes) is 4. The van der Waals surface area contributed by atoms with Gasteiger partial charge in [-0.3, -0.25) is 0 Å². The number of rotatable bonds is 10. The minimum Gasteiger partial charge on any atom is -0.301 e. The fraction of sp³-hybridized carbons (Fsp3) is 1.00. The highest BCUT2D eigenvalue weighted by molar-refractivity contribution is 9.09. The van der Waals surface area contributed by atoms with Gasteiger partial charge in [-0.15, -0.1) is 0 Å². The van der Waals surface area contributed by atoms with Crippen molar-refractivity contribution in [2.24, 2.45) is 0 Å². The van der Waals surface area contributed by atoms with Crippen LogP contribution in [0.25, 0.3) is 0 Å². The van der Waals surface area contributed by atoms with Crippen molar-refractivity contribution in [1.29, 1.82) is 0 Å². The largest absolute Gasteiger partial charge is 0.301 e. The van der Waals surface area contributed by atoms with Gasteiger partial charge in [0.05, 0.1) is 0 Å². The average molecular weight is 278 g/mol. The van der Waals surface area contributed by atoms with Gasteiger partial charge in [0, 0.05) is 11.4 Å². The van der Waals surface area contributed by atoms with Gasteiger partial charge in [0.15, 0.2) is 0 Å². The van der Waals surface area contributed by atoms with E-state index in [4.69, 9.17) is 0 Å². The maximum Gasteiger partial charge on any atom is 0.00434 e. The van der Waals surface area contributed by atoms with E-state index in [-0.39, 0.29) is 0 Å². The Morgan fingerprint density at radius 2 is 1.53 bits per heavy atom. The fourth-order valence-electron chi connectivity index (χ4n) is 1.81. The Bertz CT molecular complexity index is 126. The van der Waals surface area contributed by atoms with E-state index >= 15 is 0 Å². The van der Waals surface area contributed by atoms with Crippen molar-refractivity contribution in [2.45, 2.75) is 65.3 Å². The summed E-state index contributed by atoms with van der Waals surface area (Å²) in [6, 6.07) is 0.704. The SMILES string of the molecule is CCCCCCCN(CCCBr)C(C)C. The zero-order valence-electron chi connectivity index (χ0n) is 10.8. The summed E-state index contributed by atoms with van der Waals surface area (Å²) in [5.41, 5.74) is 0. The van der Waals surface area contributed by atoms with Gasteiger partial charge in [-0.1, -0.05) is 48.5 Å². The fourth-order valence-corrected chi connectivity index (χ4v) is 2.06. The van der Waals surface area contributed by atoms with E-state index < -0.39 is 0 Å². The lowest BCUT2D eigenvalue weighted by molar-refractivity contribution is 0.218. The maximum absolute atomic E-state index is 3.50. The molecule has 15 heavy (non-hydrogen) atoms. The normalized spacial score (nSPS) is 11.6. The number of hydrogen-bond acceptors (Lipinski definition) is 1. The molecule has 0 fully saturated rings. The molecular weight excluding hydrogens is 250 g/mol. The van der Waals surface area contributed by atoms with Crippen molar-refractivity contribution in [3.63, 3.8) is 0 Å². The van der Waals surface area contributed by atoms with Crippen LogP contribution in [0.1, 0.15) is 59.3 Å². The number of halogens is 1. The van der Waals surface area contributed by atoms with E-state index in [9.17, 15) is 0 Å². The molecule has 0 aromatic heterocycles. The van der Waals surface area contributed by atoms with Gasteiger partial charge in [0.1, 0.15) is 0 Å². The molecule has 0 unspecified atom stereocenters. The summed E-state index contributed by atoms with van der Waals surface area (Å²) in [6.07, 6.45) is 8.22. The second kappa shape index (κ2) is 10.9. The summed E-state index contributed by atoms with van der Waals surface area (Å²) in [7, 11) is 0. The predicted octanol–water partition coefficient (Wildman–Crippen LogP) is 4.45. The topological polar surface area (TPSA) is 3.24 Å². The molecule has 0 saturated carbocycles. The van der Waals surface area contributed by atoms with Crippen LogP contribution in [0, 0.1) is 0 Å². The molecule has 92 valence electrons. The summed E-state index contributed by atoms with van der Waals surface area (Å²) in [5, 5.41) is 1.13. The smallest absolute Gasteiger partial charge is 0.00434 e. The third-order valence-electron chi connectivity index (χ3n) is 2.86. The van der Waals surface area contributed by atoms with Crippen LogP contribution in [0.3, 0.4) is 0 Å². The summed E-state index contributed by atoms with van der Waals surface area (Å²) < 4.78 is 0. The van der Waals surface area contributed by atoms with Crippen molar-refractivity contribution in [1.82, 2.24) is 4.90 Å². The highest BCUT2D eigenvalue weighted by atomic mass is 79.9. The first-order chi connectivity index (χ1) is 7.22. The number of nitrogens with zero attached hydrogens (tertiary/aromatic N) is 1. The minimum atomic E-state index is 0.704. The Kier molecular flexibility index (Phi) is 11.3. The van der Waals surface area contributed by atoms with Gasteiger partial charge in [-0.05, 0) is 39.8 Å². The maximum atomic E-state index is 3.50. The van der Waals surface area contributed by atoms with E-state index in [2.05, 4.69) is 41.6 Å². The van der Waals surface area contributed by atoms with Gasteiger partial charge in [-0.25, -0.2) is 0 Å². The van der Waals surface area contributed by atoms with Crippen molar-refractivity contribution in [3.05, 3.63) is 0 Å². The van der Waals surface area contributed by atoms with Crippen molar-refractivity contribution in [2.75, 3.05) is 18.4 Å². The quantitative estimate of drug-likeness (QED) is 0.421. The van der Waals surface area contributed by atoms with E-state index in [0.29, 0.717) is 6.04 Å². The molecule has 0 saturated heterocycles. The summed E-state index contributed by atoms with van der Waals surface area (Å²) in [4.78, 5) is 2.60. The lowest BCUT2D eigenvalue weighted by atomic mass is 10.1. The van der Waals surface area contributed by atoms with Crippen LogP contribution < -0.4 is 0 Å². The molecule has 0 N–H and O–H groups in total. The van der Waals surface area contributed by atoms with E-state index in [1.54, 1.807) is 0 Å². The molecule has 0 aliphatic carbocycles. The van der Waals surface area contributed by atoms with Gasteiger partial charge in [0.25, 0.3) is 0 Å². The third-order valence-corrected chi connectivity index (χ3v) is 3.42. The number of alkyl halides is 1. The molecule has 0 aromatic rings. The summed E-state index contributed by atoms with van der Waals surface area (Å²) in [5.74, 6) is 0. The van der Waals surface area contributed by atoms with Crippen LogP contribution in [0.4, 0.5) is 0 Å². The third kappa shape index (κ3) is 9.37. The average Bonchev–Trinajstić information content (AvgIpc) is 2.21. The van der Waals surface area contributed by atoms with Crippen LogP contribution >= 0.6 is 15.9 Å². The Hall–Kier alpha value is 0.440. The Balaban J connectivity index is 3.48. The van der Waals surface area contributed by atoms with Gasteiger partial charge in [-0.2, -0.15) is 0 Å². The Labute approximate surface area is 105 Å². The molecule has 0 aliphatic rings. The molecule has 0 spiro atoms. The van der Waals surface area contributed by atoms with Crippen LogP contribution in [0.2, 0.25) is 0 Å². The predicted molar refractivity (Wildman–Crippen MR) is 73.9 cm³/mol. The van der Waals surface area contributed by atoms with Gasteiger partial charge < -0.3 is 4.90 Å². The molecule has 0 atom stereocenters. The van der Waals surface area contributed by atoms with E-state index in [1.807, 2.05) is 0 Å². The molecule has 0 amide bonds. The second-order valence-electron chi connectivity index (χ2n) is 4.59. The highest BCUT2D eigenvalue weighted by Crippen LogP contribution is 2.07. The first kappa shape index (κ1) is 15.4. The van der Waals surface area contributed by atoms with Crippen LogP contribution in [-0.4, -0.2) is 29.4 Å². The van der Waals surface area contributed by atoms with Gasteiger partial charge in [0.2, 0.25) is 0 Å². The first-order valence-electron chi connectivity index (χ1n) is 6.52. The highest BCUT2D eigenvalue weighted by Gasteiger charge is 2.07. The van der Waals surface area contributed by atoms with E-state index in [1.165, 1.54) is 51.6 Å². The molecule has 2 heteroatoms. The Morgan fingerprint density at radius 1 is 0.933 bits per heavy atom. The van der Waals surface area contributed by atoms with Gasteiger partial charge >= 0.3 is 0 Å². The summed E-state index contributed by atoms with van der Waals surface area (Å²) in [6.45, 7) is 9.42. The second-order valence-corrected chi connectivity index (χ2v) is 5.38. The Morgan fingerprint density at radius 3 is 2.07 bits per heavy atom. The van der Waals surface area contributed by atoms with E-state index in [0.717, 1.165) is 5.33 Å². The zero-order chi connectivity index (χ0) is 11.5. The van der Waals surface area contributed by atoms with Crippen LogP contribution in [0.5, 0.6) is 0 Å². The summed E-state index contributed by atoms with van der Waals surface area (Å²) >= 11 is 3.50. The minimum absolute atomic E-state index is 0.704. The lowest BCUT2D eigenvalue weighted by Gasteiger charge is -2.26. The lowest BCUT2D eigenvalue weighted by Crippen LogP contribution is -2.32. The van der Waals surface area contributed by atoms with Crippen LogP contribution in [-0.2, 0) is 0 Å². The molecule has 1 nitrogen and oxygen atoms in total. The van der Waals surface area contributed by atoms with Crippen LogP contribution in [0.15, 0.2) is 0 Å². The first-order valence-corrected chi connectivity index (χ1v) is 7.64. The monoisotopic (exact) mass is 277 g/mol. The molecule has 0 aromatic carbocycles.